The third-order valence-corrected chi connectivity index (χ3v) is 2.73. The number of ether oxygens (including phenoxy) is 1. The van der Waals surface area contributed by atoms with Crippen molar-refractivity contribution in [2.24, 2.45) is 0 Å². The zero-order chi connectivity index (χ0) is 12.8. The van der Waals surface area contributed by atoms with Gasteiger partial charge in [0.2, 0.25) is 0 Å². The van der Waals surface area contributed by atoms with Gasteiger partial charge in [0.05, 0.1) is 7.11 Å². The van der Waals surface area contributed by atoms with Crippen LogP contribution in [-0.4, -0.2) is 42.4 Å². The Hall–Kier alpha value is -1.69. The Kier molecular flexibility index (Phi) is 4.46. The molecule has 0 aliphatic heterocycles. The van der Waals surface area contributed by atoms with E-state index in [0.29, 0.717) is 5.82 Å². The van der Waals surface area contributed by atoms with Crippen molar-refractivity contribution in [3.63, 3.8) is 0 Å². The second kappa shape index (κ2) is 6.30. The van der Waals surface area contributed by atoms with Crippen molar-refractivity contribution in [2.75, 3.05) is 25.5 Å². The largest absolute Gasteiger partial charge is 0.464 e. The quantitative estimate of drug-likeness (QED) is 0.551. The van der Waals surface area contributed by atoms with Crippen LogP contribution in [-0.2, 0) is 4.74 Å². The summed E-state index contributed by atoms with van der Waals surface area (Å²) in [5.41, 5.74) is 0.221. The molecule has 1 heterocycles. The number of rotatable bonds is 7. The van der Waals surface area contributed by atoms with E-state index in [1.165, 1.54) is 20.0 Å². The van der Waals surface area contributed by atoms with Crippen LogP contribution in [0.4, 0.5) is 5.82 Å². The van der Waals surface area contributed by atoms with E-state index in [-0.39, 0.29) is 5.69 Å². The van der Waals surface area contributed by atoms with Gasteiger partial charge < -0.3 is 15.4 Å². The van der Waals surface area contributed by atoms with Gasteiger partial charge in [0.1, 0.15) is 5.82 Å². The first-order valence-electron chi connectivity index (χ1n) is 6.19. The van der Waals surface area contributed by atoms with Crippen molar-refractivity contribution in [3.05, 3.63) is 17.8 Å². The first kappa shape index (κ1) is 12.8. The second-order valence-corrected chi connectivity index (χ2v) is 4.30. The lowest BCUT2D eigenvalue weighted by molar-refractivity contribution is 0.0593. The van der Waals surface area contributed by atoms with E-state index in [2.05, 4.69) is 25.6 Å². The Morgan fingerprint density at radius 3 is 2.83 bits per heavy atom. The minimum absolute atomic E-state index is 0.221. The lowest BCUT2D eigenvalue weighted by Gasteiger charge is -2.05. The number of aromatic nitrogens is 2. The van der Waals surface area contributed by atoms with Crippen LogP contribution in [0.25, 0.3) is 0 Å². The maximum Gasteiger partial charge on any atom is 0.358 e. The van der Waals surface area contributed by atoms with Crippen LogP contribution in [0.1, 0.15) is 29.8 Å². The summed E-state index contributed by atoms with van der Waals surface area (Å²) < 4.78 is 4.55. The second-order valence-electron chi connectivity index (χ2n) is 4.30. The monoisotopic (exact) mass is 250 g/mol. The van der Waals surface area contributed by atoms with Gasteiger partial charge in [-0.3, -0.25) is 0 Å². The molecule has 0 amide bonds. The highest BCUT2D eigenvalue weighted by molar-refractivity contribution is 5.86. The zero-order valence-electron chi connectivity index (χ0n) is 10.5. The van der Waals surface area contributed by atoms with Gasteiger partial charge in [-0.2, -0.15) is 0 Å². The van der Waals surface area contributed by atoms with Crippen molar-refractivity contribution >= 4 is 11.8 Å². The normalized spacial score (nSPS) is 14.3. The Morgan fingerprint density at radius 2 is 2.22 bits per heavy atom. The number of nitrogens with one attached hydrogen (secondary N) is 2. The Labute approximate surface area is 106 Å². The molecule has 1 fully saturated rings. The van der Waals surface area contributed by atoms with Crippen molar-refractivity contribution in [1.82, 2.24) is 15.5 Å². The van der Waals surface area contributed by atoms with Crippen LogP contribution < -0.4 is 10.6 Å². The summed E-state index contributed by atoms with van der Waals surface area (Å²) in [6, 6.07) is 4.08. The number of methoxy groups -OCH3 is 1. The lowest BCUT2D eigenvalue weighted by atomic mass is 10.3. The maximum atomic E-state index is 11.1. The molecule has 0 spiro atoms. The summed E-state index contributed by atoms with van der Waals surface area (Å²) in [5.74, 6) is 0.205. The van der Waals surface area contributed by atoms with E-state index >= 15 is 0 Å². The summed E-state index contributed by atoms with van der Waals surface area (Å²) in [5, 5.41) is 14.3. The van der Waals surface area contributed by atoms with Crippen molar-refractivity contribution in [3.8, 4) is 0 Å². The van der Waals surface area contributed by atoms with Gasteiger partial charge in [-0.05, 0) is 37.9 Å². The fraction of sp³-hybridized carbons (Fsp3) is 0.583. The highest BCUT2D eigenvalue weighted by atomic mass is 16.5. The van der Waals surface area contributed by atoms with Crippen LogP contribution in [0.5, 0.6) is 0 Å². The number of carbonyl (C=O) groups excluding carboxylic acids is 1. The number of hydrogen-bond acceptors (Lipinski definition) is 6. The molecule has 0 atom stereocenters. The number of anilines is 1. The molecule has 6 nitrogen and oxygen atoms in total. The Balaban J connectivity index is 1.67. The maximum absolute atomic E-state index is 11.1. The highest BCUT2D eigenvalue weighted by Gasteiger charge is 2.19. The number of hydrogen-bond donors (Lipinski definition) is 2. The first-order valence-corrected chi connectivity index (χ1v) is 6.19. The molecular weight excluding hydrogens is 232 g/mol. The van der Waals surface area contributed by atoms with Gasteiger partial charge in [-0.1, -0.05) is 0 Å². The van der Waals surface area contributed by atoms with Gasteiger partial charge in [0.15, 0.2) is 5.69 Å². The molecule has 0 unspecified atom stereocenters. The molecule has 0 bridgehead atoms. The average Bonchev–Trinajstić information content (AvgIpc) is 3.22. The molecule has 0 radical (unpaired) electrons. The molecule has 1 aliphatic rings. The summed E-state index contributed by atoms with van der Waals surface area (Å²) >= 11 is 0. The van der Waals surface area contributed by atoms with Gasteiger partial charge in [0.25, 0.3) is 0 Å². The topological polar surface area (TPSA) is 76.1 Å². The predicted octanol–water partition coefficient (Wildman–Crippen LogP) is 0.817. The lowest BCUT2D eigenvalue weighted by Crippen LogP contribution is -2.20. The molecule has 1 aliphatic carbocycles. The molecule has 1 saturated carbocycles. The van der Waals surface area contributed by atoms with Gasteiger partial charge in [-0.15, -0.1) is 10.2 Å². The molecule has 1 aromatic heterocycles. The third-order valence-electron chi connectivity index (χ3n) is 2.73. The van der Waals surface area contributed by atoms with Crippen molar-refractivity contribution < 1.29 is 9.53 Å². The Morgan fingerprint density at radius 1 is 1.39 bits per heavy atom. The van der Waals surface area contributed by atoms with E-state index in [9.17, 15) is 4.79 Å². The number of carbonyl (C=O) groups is 1. The third kappa shape index (κ3) is 3.96. The predicted molar refractivity (Wildman–Crippen MR) is 67.5 cm³/mol. The fourth-order valence-corrected chi connectivity index (χ4v) is 1.54. The standard InChI is InChI=1S/C12H18N4O2/c1-18-12(17)10-5-6-11(16-15-10)14-8-2-7-13-9-3-4-9/h5-6,9,13H,2-4,7-8H2,1H3,(H,14,16). The molecule has 0 aromatic carbocycles. The van der Waals surface area contributed by atoms with Crippen LogP contribution >= 0.6 is 0 Å². The smallest absolute Gasteiger partial charge is 0.358 e. The molecule has 6 heteroatoms. The minimum atomic E-state index is -0.470. The molecule has 2 N–H and O–H groups in total. The van der Waals surface area contributed by atoms with Crippen LogP contribution in [0.15, 0.2) is 12.1 Å². The average molecular weight is 250 g/mol. The minimum Gasteiger partial charge on any atom is -0.464 e. The molecule has 0 saturated heterocycles. The van der Waals surface area contributed by atoms with Crippen molar-refractivity contribution in [2.45, 2.75) is 25.3 Å². The molecule has 18 heavy (non-hydrogen) atoms. The SMILES string of the molecule is COC(=O)c1ccc(NCCCNC2CC2)nn1. The first-order chi connectivity index (χ1) is 8.79. The summed E-state index contributed by atoms with van der Waals surface area (Å²) in [6.45, 7) is 1.86. The summed E-state index contributed by atoms with van der Waals surface area (Å²) in [4.78, 5) is 11.1. The van der Waals surface area contributed by atoms with Gasteiger partial charge in [0, 0.05) is 12.6 Å². The van der Waals surface area contributed by atoms with E-state index in [0.717, 1.165) is 25.6 Å². The van der Waals surface area contributed by atoms with E-state index in [1.54, 1.807) is 12.1 Å². The highest BCUT2D eigenvalue weighted by Crippen LogP contribution is 2.18. The molecule has 1 aromatic rings. The van der Waals surface area contributed by atoms with Crippen LogP contribution in [0.3, 0.4) is 0 Å². The number of nitrogens with zero attached hydrogens (tertiary/aromatic N) is 2. The van der Waals surface area contributed by atoms with Crippen LogP contribution in [0.2, 0.25) is 0 Å². The van der Waals surface area contributed by atoms with E-state index in [1.807, 2.05) is 0 Å². The zero-order valence-corrected chi connectivity index (χ0v) is 10.5. The molecule has 98 valence electrons. The van der Waals surface area contributed by atoms with Crippen LogP contribution in [0, 0.1) is 0 Å². The molecular formula is C12H18N4O2. The van der Waals surface area contributed by atoms with E-state index in [4.69, 9.17) is 0 Å². The fourth-order valence-electron chi connectivity index (χ4n) is 1.54. The number of esters is 1. The summed E-state index contributed by atoms with van der Waals surface area (Å²) in [7, 11) is 1.32. The van der Waals surface area contributed by atoms with Gasteiger partial charge in [-0.25, -0.2) is 4.79 Å². The Bertz CT molecular complexity index is 390. The van der Waals surface area contributed by atoms with Crippen molar-refractivity contribution in [1.29, 1.82) is 0 Å². The molecule has 2 rings (SSSR count). The van der Waals surface area contributed by atoms with E-state index < -0.39 is 5.97 Å². The van der Waals surface area contributed by atoms with Gasteiger partial charge >= 0.3 is 5.97 Å². The summed E-state index contributed by atoms with van der Waals surface area (Å²) in [6.07, 6.45) is 3.67.